The molecule has 9 aromatic rings. The molecule has 4 heterocycles. The first kappa shape index (κ1) is 30.2. The summed E-state index contributed by atoms with van der Waals surface area (Å²) in [4.78, 5) is 29.1. The number of aromatic nitrogens is 6. The fourth-order valence-electron chi connectivity index (χ4n) is 6.47. The van der Waals surface area contributed by atoms with Gasteiger partial charge in [0.25, 0.3) is 0 Å². The van der Waals surface area contributed by atoms with E-state index >= 15 is 0 Å². The van der Waals surface area contributed by atoms with E-state index < -0.39 is 0 Å². The molecule has 0 saturated heterocycles. The molecule has 0 aliphatic carbocycles. The van der Waals surface area contributed by atoms with Gasteiger partial charge in [0.15, 0.2) is 17.5 Å². The lowest BCUT2D eigenvalue weighted by molar-refractivity contribution is 1.07. The Labute approximate surface area is 295 Å². The Hall–Kier alpha value is -6.92. The smallest absolute Gasteiger partial charge is 0.165 e. The summed E-state index contributed by atoms with van der Waals surface area (Å²) in [5.74, 6) is 1.81. The van der Waals surface area contributed by atoms with Crippen molar-refractivity contribution in [2.45, 2.75) is 6.92 Å². The van der Waals surface area contributed by atoms with Crippen molar-refractivity contribution >= 4 is 21.8 Å². The van der Waals surface area contributed by atoms with Gasteiger partial charge in [0.2, 0.25) is 0 Å². The minimum atomic E-state index is 0.584. The van der Waals surface area contributed by atoms with Crippen molar-refractivity contribution in [1.82, 2.24) is 29.9 Å². The van der Waals surface area contributed by atoms with Gasteiger partial charge in [0.1, 0.15) is 0 Å². The van der Waals surface area contributed by atoms with Crippen LogP contribution >= 0.6 is 0 Å². The molecular formula is C45H30N6. The molecule has 51 heavy (non-hydrogen) atoms. The number of aryl methyl sites for hydroxylation is 1. The van der Waals surface area contributed by atoms with E-state index in [2.05, 4.69) is 103 Å². The van der Waals surface area contributed by atoms with E-state index in [-0.39, 0.29) is 0 Å². The molecule has 0 saturated carbocycles. The number of rotatable bonds is 6. The van der Waals surface area contributed by atoms with Crippen molar-refractivity contribution in [1.29, 1.82) is 0 Å². The van der Waals surface area contributed by atoms with Gasteiger partial charge in [0.05, 0.1) is 22.4 Å². The lowest BCUT2D eigenvalue weighted by Crippen LogP contribution is -2.00. The summed E-state index contributed by atoms with van der Waals surface area (Å²) < 4.78 is 0. The molecular weight excluding hydrogens is 625 g/mol. The number of hydrogen-bond acceptors (Lipinski definition) is 6. The Balaban J connectivity index is 1.07. The lowest BCUT2D eigenvalue weighted by Gasteiger charge is -2.11. The molecule has 6 nitrogen and oxygen atoms in total. The fraction of sp³-hybridized carbons (Fsp3) is 0.0222. The van der Waals surface area contributed by atoms with Gasteiger partial charge in [-0.25, -0.2) is 24.9 Å². The van der Waals surface area contributed by atoms with Crippen LogP contribution in [0.2, 0.25) is 0 Å². The Bertz CT molecular complexity index is 2620. The zero-order valence-corrected chi connectivity index (χ0v) is 27.8. The zero-order chi connectivity index (χ0) is 34.1. The molecule has 0 amide bonds. The SMILES string of the molecule is Cc1cc(-c2ccccc2)nc2c1ccc1ccc(-c3cccc(-c4ccc(-c5nc(-c6ccccc6)nc(-c6cccnc6)n5)cc4)c3)nc12. The summed E-state index contributed by atoms with van der Waals surface area (Å²) in [6.07, 6.45) is 3.52. The minimum Gasteiger partial charge on any atom is -0.264 e. The standard InChI is InChI=1S/C45H30N6/c1-29-26-40(31-10-4-2-5-11-31)48-42-38(29)23-21-32-22-24-39(47-41(32)42)36-15-8-14-35(27-36)30-17-19-34(20-18-30)44-49-43(33-12-6-3-7-13-33)50-45(51-44)37-16-9-25-46-28-37/h2-28H,1H3. The van der Waals surface area contributed by atoms with Crippen LogP contribution < -0.4 is 0 Å². The average Bonchev–Trinajstić information content (AvgIpc) is 3.21. The third-order valence-electron chi connectivity index (χ3n) is 9.14. The van der Waals surface area contributed by atoms with Gasteiger partial charge in [-0.05, 0) is 53.9 Å². The number of hydrogen-bond donors (Lipinski definition) is 0. The van der Waals surface area contributed by atoms with Crippen molar-refractivity contribution in [3.8, 4) is 67.8 Å². The molecule has 0 bridgehead atoms. The van der Waals surface area contributed by atoms with Crippen LogP contribution in [0, 0.1) is 6.92 Å². The van der Waals surface area contributed by atoms with E-state index in [9.17, 15) is 0 Å². The second-order valence-electron chi connectivity index (χ2n) is 12.5. The van der Waals surface area contributed by atoms with Crippen LogP contribution in [0.5, 0.6) is 0 Å². The number of fused-ring (bicyclic) bond motifs is 3. The molecule has 0 atom stereocenters. The topological polar surface area (TPSA) is 77.3 Å². The molecule has 0 spiro atoms. The summed E-state index contributed by atoms with van der Waals surface area (Å²) in [5, 5.41) is 2.18. The highest BCUT2D eigenvalue weighted by Crippen LogP contribution is 2.33. The van der Waals surface area contributed by atoms with Crippen LogP contribution in [-0.4, -0.2) is 29.9 Å². The first-order chi connectivity index (χ1) is 25.2. The number of pyridine rings is 3. The van der Waals surface area contributed by atoms with E-state index in [1.807, 2.05) is 60.7 Å². The van der Waals surface area contributed by atoms with E-state index in [0.29, 0.717) is 17.5 Å². The Morgan fingerprint density at radius 3 is 1.69 bits per heavy atom. The van der Waals surface area contributed by atoms with Gasteiger partial charge in [-0.1, -0.05) is 121 Å². The second-order valence-corrected chi connectivity index (χ2v) is 12.5. The summed E-state index contributed by atoms with van der Waals surface area (Å²) in [6, 6.07) is 51.7. The van der Waals surface area contributed by atoms with Gasteiger partial charge < -0.3 is 0 Å². The highest BCUT2D eigenvalue weighted by Gasteiger charge is 2.14. The van der Waals surface area contributed by atoms with Crippen molar-refractivity contribution in [2.24, 2.45) is 0 Å². The number of benzene rings is 5. The van der Waals surface area contributed by atoms with Crippen molar-refractivity contribution in [2.75, 3.05) is 0 Å². The highest BCUT2D eigenvalue weighted by molar-refractivity contribution is 6.05. The van der Waals surface area contributed by atoms with E-state index in [0.717, 1.165) is 72.1 Å². The second kappa shape index (κ2) is 12.8. The molecule has 0 aliphatic rings. The van der Waals surface area contributed by atoms with Gasteiger partial charge >= 0.3 is 0 Å². The molecule has 0 unspecified atom stereocenters. The Morgan fingerprint density at radius 2 is 0.961 bits per heavy atom. The highest BCUT2D eigenvalue weighted by atomic mass is 15.0. The van der Waals surface area contributed by atoms with Crippen molar-refractivity contribution < 1.29 is 0 Å². The Kier molecular flexibility index (Phi) is 7.59. The molecule has 5 aromatic carbocycles. The van der Waals surface area contributed by atoms with Crippen LogP contribution in [0.4, 0.5) is 0 Å². The maximum Gasteiger partial charge on any atom is 0.165 e. The van der Waals surface area contributed by atoms with Crippen LogP contribution in [0.3, 0.4) is 0 Å². The monoisotopic (exact) mass is 654 g/mol. The van der Waals surface area contributed by atoms with Crippen molar-refractivity contribution in [3.05, 3.63) is 170 Å². The summed E-state index contributed by atoms with van der Waals surface area (Å²) in [6.45, 7) is 2.14. The molecule has 240 valence electrons. The third kappa shape index (κ3) is 5.89. The van der Waals surface area contributed by atoms with Crippen LogP contribution in [0.1, 0.15) is 5.56 Å². The molecule has 0 aliphatic heterocycles. The molecule has 6 heteroatoms. The van der Waals surface area contributed by atoms with Gasteiger partial charge in [-0.3, -0.25) is 4.98 Å². The number of nitrogens with zero attached hydrogens (tertiary/aromatic N) is 6. The maximum absolute atomic E-state index is 5.22. The van der Waals surface area contributed by atoms with Crippen LogP contribution in [-0.2, 0) is 0 Å². The first-order valence-corrected chi connectivity index (χ1v) is 16.9. The first-order valence-electron chi connectivity index (χ1n) is 16.9. The minimum absolute atomic E-state index is 0.584. The lowest BCUT2D eigenvalue weighted by atomic mass is 9.99. The normalized spacial score (nSPS) is 11.2. The van der Waals surface area contributed by atoms with E-state index in [1.54, 1.807) is 12.4 Å². The Morgan fingerprint density at radius 1 is 0.373 bits per heavy atom. The van der Waals surface area contributed by atoms with Gasteiger partial charge in [0, 0.05) is 51.0 Å². The predicted octanol–water partition coefficient (Wildman–Crippen LogP) is 10.7. The molecule has 0 N–H and O–H groups in total. The summed E-state index contributed by atoms with van der Waals surface area (Å²) in [5.41, 5.74) is 11.8. The molecule has 0 fully saturated rings. The fourth-order valence-corrected chi connectivity index (χ4v) is 6.47. The van der Waals surface area contributed by atoms with Gasteiger partial charge in [-0.2, -0.15) is 0 Å². The molecule has 4 aromatic heterocycles. The van der Waals surface area contributed by atoms with Crippen LogP contribution in [0.25, 0.3) is 89.6 Å². The third-order valence-corrected chi connectivity index (χ3v) is 9.14. The maximum atomic E-state index is 5.22. The van der Waals surface area contributed by atoms with Gasteiger partial charge in [-0.15, -0.1) is 0 Å². The van der Waals surface area contributed by atoms with E-state index in [4.69, 9.17) is 24.9 Å². The quantitative estimate of drug-likeness (QED) is 0.166. The summed E-state index contributed by atoms with van der Waals surface area (Å²) in [7, 11) is 0. The molecule has 0 radical (unpaired) electrons. The largest absolute Gasteiger partial charge is 0.264 e. The predicted molar refractivity (Wildman–Crippen MR) is 206 cm³/mol. The van der Waals surface area contributed by atoms with Crippen molar-refractivity contribution in [3.63, 3.8) is 0 Å². The average molecular weight is 655 g/mol. The molecule has 9 rings (SSSR count). The summed E-state index contributed by atoms with van der Waals surface area (Å²) >= 11 is 0. The van der Waals surface area contributed by atoms with Crippen LogP contribution in [0.15, 0.2) is 164 Å². The van der Waals surface area contributed by atoms with E-state index in [1.165, 1.54) is 5.56 Å². The zero-order valence-electron chi connectivity index (χ0n) is 27.8.